The molecule has 7 heteroatoms. The van der Waals surface area contributed by atoms with Crippen LogP contribution in [0.3, 0.4) is 0 Å². The summed E-state index contributed by atoms with van der Waals surface area (Å²) in [5.74, 6) is 1.95. The lowest BCUT2D eigenvalue weighted by atomic mass is 10.2. The van der Waals surface area contributed by atoms with Crippen LogP contribution < -0.4 is 16.6 Å². The lowest BCUT2D eigenvalue weighted by Gasteiger charge is -2.03. The zero-order valence-corrected chi connectivity index (χ0v) is 13.6. The maximum Gasteiger partial charge on any atom is 0.330 e. The van der Waals surface area contributed by atoms with Gasteiger partial charge in [-0.05, 0) is 24.6 Å². The van der Waals surface area contributed by atoms with Gasteiger partial charge in [0.25, 0.3) is 11.5 Å². The van der Waals surface area contributed by atoms with E-state index in [1.807, 2.05) is 18.2 Å². The van der Waals surface area contributed by atoms with Gasteiger partial charge in [-0.3, -0.25) is 14.6 Å². The Bertz CT molecular complexity index is 1080. The number of amides is 1. The normalized spacial score (nSPS) is 10.5. The molecule has 0 unspecified atom stereocenters. The molecule has 3 rings (SSSR count). The van der Waals surface area contributed by atoms with Crippen LogP contribution in [-0.2, 0) is 6.54 Å². The number of nitrogens with one attached hydrogen (secondary N) is 2. The molecule has 0 fully saturated rings. The molecule has 2 N–H and O–H groups in total. The average Bonchev–Trinajstić information content (AvgIpc) is 2.89. The fourth-order valence-corrected chi connectivity index (χ4v) is 3.50. The number of rotatable bonds is 3. The number of aromatic nitrogens is 2. The highest BCUT2D eigenvalue weighted by atomic mass is 32.1. The van der Waals surface area contributed by atoms with Gasteiger partial charge in [-0.15, -0.1) is 17.8 Å². The fraction of sp³-hybridized carbons (Fsp3) is 0.118. The molecule has 0 aliphatic carbocycles. The van der Waals surface area contributed by atoms with E-state index in [0.29, 0.717) is 26.3 Å². The highest BCUT2D eigenvalue weighted by molar-refractivity contribution is 7.20. The molecule has 120 valence electrons. The number of aryl methyl sites for hydroxylation is 1. The molecule has 0 atom stereocenters. The first-order valence-electron chi connectivity index (χ1n) is 7.09. The van der Waals surface area contributed by atoms with Gasteiger partial charge in [0.05, 0.1) is 16.8 Å². The molecule has 0 aliphatic heterocycles. The number of carbonyl (C=O) groups is 1. The molecular weight excluding hydrogens is 326 g/mol. The van der Waals surface area contributed by atoms with Crippen molar-refractivity contribution in [3.8, 4) is 12.3 Å². The first kappa shape index (κ1) is 15.8. The monoisotopic (exact) mass is 339 g/mol. The molecular formula is C17H13N3O3S. The van der Waals surface area contributed by atoms with E-state index >= 15 is 0 Å². The van der Waals surface area contributed by atoms with E-state index in [2.05, 4.69) is 16.2 Å². The Kier molecular flexibility index (Phi) is 4.06. The number of nitrogens with zero attached hydrogens (tertiary/aromatic N) is 1. The third kappa shape index (κ3) is 2.64. The first-order chi connectivity index (χ1) is 11.5. The minimum Gasteiger partial charge on any atom is -0.321 e. The van der Waals surface area contributed by atoms with Crippen molar-refractivity contribution in [3.63, 3.8) is 0 Å². The average molecular weight is 339 g/mol. The van der Waals surface area contributed by atoms with Crippen molar-refractivity contribution in [2.45, 2.75) is 13.5 Å². The minimum absolute atomic E-state index is 0.120. The zero-order valence-electron chi connectivity index (χ0n) is 12.8. The third-order valence-electron chi connectivity index (χ3n) is 3.56. The Labute approximate surface area is 140 Å². The quantitative estimate of drug-likeness (QED) is 0.715. The molecule has 6 nitrogen and oxygen atoms in total. The van der Waals surface area contributed by atoms with Gasteiger partial charge in [-0.2, -0.15) is 0 Å². The number of carbonyl (C=O) groups excluding carboxylic acids is 1. The number of thiophene rings is 1. The van der Waals surface area contributed by atoms with Crippen molar-refractivity contribution in [2.24, 2.45) is 0 Å². The summed E-state index contributed by atoms with van der Waals surface area (Å²) >= 11 is 1.07. The van der Waals surface area contributed by atoms with Crippen molar-refractivity contribution >= 4 is 33.1 Å². The molecule has 3 aromatic rings. The van der Waals surface area contributed by atoms with Crippen LogP contribution in [0.25, 0.3) is 10.2 Å². The van der Waals surface area contributed by atoms with Crippen molar-refractivity contribution in [2.75, 3.05) is 5.32 Å². The Morgan fingerprint density at radius 3 is 2.71 bits per heavy atom. The summed E-state index contributed by atoms with van der Waals surface area (Å²) in [4.78, 5) is 40.3. The Morgan fingerprint density at radius 2 is 2.04 bits per heavy atom. The van der Waals surface area contributed by atoms with E-state index in [-0.39, 0.29) is 12.5 Å². The molecule has 1 amide bonds. The van der Waals surface area contributed by atoms with Gasteiger partial charge in [0.2, 0.25) is 0 Å². The zero-order chi connectivity index (χ0) is 17.3. The van der Waals surface area contributed by atoms with E-state index in [0.717, 1.165) is 15.9 Å². The van der Waals surface area contributed by atoms with Crippen molar-refractivity contribution < 1.29 is 4.79 Å². The van der Waals surface area contributed by atoms with Crippen LogP contribution in [0.15, 0.2) is 39.9 Å². The number of hydrogen-bond acceptors (Lipinski definition) is 4. The summed E-state index contributed by atoms with van der Waals surface area (Å²) < 4.78 is 0.945. The fourth-order valence-electron chi connectivity index (χ4n) is 2.41. The number of hydrogen-bond donors (Lipinski definition) is 2. The maximum absolute atomic E-state index is 12.5. The number of para-hydroxylation sites is 1. The van der Waals surface area contributed by atoms with Crippen LogP contribution in [0.5, 0.6) is 0 Å². The van der Waals surface area contributed by atoms with Crippen molar-refractivity contribution in [1.29, 1.82) is 0 Å². The molecule has 0 radical (unpaired) electrons. The summed E-state index contributed by atoms with van der Waals surface area (Å²) in [6, 6.07) is 9.00. The van der Waals surface area contributed by atoms with Gasteiger partial charge < -0.3 is 5.32 Å². The van der Waals surface area contributed by atoms with E-state index in [4.69, 9.17) is 6.42 Å². The minimum atomic E-state index is -0.582. The number of fused-ring (bicyclic) bond motifs is 1. The smallest absolute Gasteiger partial charge is 0.321 e. The van der Waals surface area contributed by atoms with E-state index in [1.165, 1.54) is 0 Å². The highest BCUT2D eigenvalue weighted by Crippen LogP contribution is 2.27. The van der Waals surface area contributed by atoms with Gasteiger partial charge >= 0.3 is 5.69 Å². The van der Waals surface area contributed by atoms with Crippen molar-refractivity contribution in [3.05, 3.63) is 61.6 Å². The molecule has 2 heterocycles. The molecule has 2 aromatic heterocycles. The Hall–Kier alpha value is -3.11. The van der Waals surface area contributed by atoms with Gasteiger partial charge in [-0.1, -0.05) is 24.1 Å². The van der Waals surface area contributed by atoms with Gasteiger partial charge in [0, 0.05) is 5.69 Å². The van der Waals surface area contributed by atoms with Crippen LogP contribution in [0, 0.1) is 19.3 Å². The second-order valence-electron chi connectivity index (χ2n) is 5.11. The van der Waals surface area contributed by atoms with Crippen LogP contribution >= 0.6 is 11.3 Å². The Morgan fingerprint density at radius 1 is 1.33 bits per heavy atom. The molecule has 1 aromatic carbocycles. The van der Waals surface area contributed by atoms with Crippen LogP contribution in [-0.4, -0.2) is 15.5 Å². The largest absolute Gasteiger partial charge is 0.330 e. The number of aromatic amines is 1. The summed E-state index contributed by atoms with van der Waals surface area (Å²) in [5, 5.41) is 3.09. The summed E-state index contributed by atoms with van der Waals surface area (Å²) in [7, 11) is 0. The topological polar surface area (TPSA) is 84.0 Å². The second kappa shape index (κ2) is 6.18. The molecule has 0 saturated heterocycles. The second-order valence-corrected chi connectivity index (χ2v) is 6.13. The lowest BCUT2D eigenvalue weighted by Crippen LogP contribution is -2.34. The summed E-state index contributed by atoms with van der Waals surface area (Å²) in [5.41, 5.74) is 0.106. The van der Waals surface area contributed by atoms with Crippen LogP contribution in [0.1, 0.15) is 15.2 Å². The number of terminal acetylenes is 1. The summed E-state index contributed by atoms with van der Waals surface area (Å²) in [6.07, 6.45) is 5.20. The van der Waals surface area contributed by atoms with Crippen LogP contribution in [0.4, 0.5) is 5.69 Å². The summed E-state index contributed by atoms with van der Waals surface area (Å²) in [6.45, 7) is 1.56. The van der Waals surface area contributed by atoms with Crippen molar-refractivity contribution in [1.82, 2.24) is 9.55 Å². The standard InChI is InChI=1S/C17H13N3O3S/c1-3-9-20-16(22)12-10(2)13(24-15(12)19-17(20)23)14(21)18-11-7-5-4-6-8-11/h1,4-8H,9H2,2H3,(H,18,21)(H,19,23). The molecule has 0 aliphatic rings. The van der Waals surface area contributed by atoms with E-state index < -0.39 is 11.2 Å². The predicted octanol–water partition coefficient (Wildman–Crippen LogP) is 1.95. The molecule has 24 heavy (non-hydrogen) atoms. The SMILES string of the molecule is C#CCn1c(=O)[nH]c2sc(C(=O)Nc3ccccc3)c(C)c2c1=O. The number of H-pyrrole nitrogens is 1. The van der Waals surface area contributed by atoms with Crippen LogP contribution in [0.2, 0.25) is 0 Å². The third-order valence-corrected chi connectivity index (χ3v) is 4.76. The predicted molar refractivity (Wildman–Crippen MR) is 94.7 cm³/mol. The molecule has 0 spiro atoms. The maximum atomic E-state index is 12.5. The number of benzene rings is 1. The number of anilines is 1. The van der Waals surface area contributed by atoms with E-state index in [9.17, 15) is 14.4 Å². The Balaban J connectivity index is 2.11. The van der Waals surface area contributed by atoms with Gasteiger partial charge in [0.1, 0.15) is 4.83 Å². The van der Waals surface area contributed by atoms with E-state index in [1.54, 1.807) is 19.1 Å². The molecule has 0 bridgehead atoms. The highest BCUT2D eigenvalue weighted by Gasteiger charge is 2.20. The lowest BCUT2D eigenvalue weighted by molar-refractivity contribution is 0.103. The van der Waals surface area contributed by atoms with Gasteiger partial charge in [0.15, 0.2) is 0 Å². The molecule has 0 saturated carbocycles. The van der Waals surface area contributed by atoms with Gasteiger partial charge in [-0.25, -0.2) is 9.36 Å². The first-order valence-corrected chi connectivity index (χ1v) is 7.90.